The maximum absolute atomic E-state index is 7.36. The Kier molecular flexibility index (Phi) is 0.998. The van der Waals surface area contributed by atoms with E-state index in [2.05, 4.69) is 6.08 Å². The van der Waals surface area contributed by atoms with E-state index in [1.54, 1.807) is 0 Å². The highest BCUT2D eigenvalue weighted by atomic mass is 28.1. The van der Waals surface area contributed by atoms with Crippen molar-refractivity contribution in [1.29, 1.82) is 3.70 Å². The molecule has 0 heterocycles. The maximum atomic E-state index is 7.36. The Morgan fingerprint density at radius 1 is 2.00 bits per heavy atom. The summed E-state index contributed by atoms with van der Waals surface area (Å²) in [6.07, 6.45) is 4.85. The molecular formula is C7H14Si. The second-order valence-electron chi connectivity index (χ2n) is 2.53. The van der Waals surface area contributed by atoms with Crippen molar-refractivity contribution in [3.63, 3.8) is 0 Å². The Labute approximate surface area is 58.1 Å². The summed E-state index contributed by atoms with van der Waals surface area (Å²) in [5.74, 6) is 0. The predicted octanol–water partition coefficient (Wildman–Crippen LogP) is 1.27. The summed E-state index contributed by atoms with van der Waals surface area (Å²) in [6, 6.07) is 0. The molecule has 0 aromatic heterocycles. The predicted molar refractivity (Wildman–Crippen MR) is 41.3 cm³/mol. The van der Waals surface area contributed by atoms with Crippen molar-refractivity contribution in [2.45, 2.75) is 31.7 Å². The molecule has 0 spiro atoms. The highest BCUT2D eigenvalue weighted by Crippen LogP contribution is 2.24. The van der Waals surface area contributed by atoms with Gasteiger partial charge in [-0.2, -0.15) is 0 Å². The molecule has 0 radical (unpaired) electrons. The smallest absolute Gasteiger partial charge is 0.00758 e. The summed E-state index contributed by atoms with van der Waals surface area (Å²) < 4.78 is 22.1. The van der Waals surface area contributed by atoms with Crippen molar-refractivity contribution >= 4 is 10.0 Å². The Morgan fingerprint density at radius 3 is 3.38 bits per heavy atom. The average Bonchev–Trinajstić information content (AvgIpc) is 1.86. The molecule has 0 aromatic carbocycles. The quantitative estimate of drug-likeness (QED) is 0.372. The summed E-state index contributed by atoms with van der Waals surface area (Å²) >= 11 is 0. The minimum atomic E-state index is -3.09. The Bertz CT molecular complexity index is 171. The van der Waals surface area contributed by atoms with Crippen LogP contribution in [0.25, 0.3) is 0 Å². The van der Waals surface area contributed by atoms with Crippen LogP contribution in [-0.4, -0.2) is 13.7 Å². The first-order chi connectivity index (χ1) is 5.00. The fourth-order valence-electron chi connectivity index (χ4n) is 1.10. The normalized spacial score (nSPS) is 36.9. The van der Waals surface area contributed by atoms with Crippen LogP contribution in [0.15, 0.2) is 11.6 Å². The summed E-state index contributed by atoms with van der Waals surface area (Å²) in [4.78, 5) is 0. The van der Waals surface area contributed by atoms with Gasteiger partial charge in [0.05, 0.1) is 0 Å². The summed E-state index contributed by atoms with van der Waals surface area (Å²) in [5.41, 5.74) is 1.32. The average molecular weight is 132 g/mol. The molecule has 46 valence electrons. The van der Waals surface area contributed by atoms with Crippen LogP contribution in [0, 0.1) is 0 Å². The van der Waals surface area contributed by atoms with E-state index in [1.807, 2.05) is 6.92 Å². The van der Waals surface area contributed by atoms with Crippen LogP contribution < -0.4 is 0 Å². The second kappa shape index (κ2) is 2.49. The van der Waals surface area contributed by atoms with Gasteiger partial charge in [-0.1, -0.05) is 17.2 Å². The first-order valence-electron chi connectivity index (χ1n) is 4.66. The summed E-state index contributed by atoms with van der Waals surface area (Å²) in [7, 11) is -3.09. The molecule has 1 aliphatic carbocycles. The number of hydrogen-bond acceptors (Lipinski definition) is 0. The molecule has 0 saturated heterocycles. The fourth-order valence-corrected chi connectivity index (χ4v) is 1.59. The molecule has 1 atom stereocenters. The molecule has 1 rings (SSSR count). The summed E-state index contributed by atoms with van der Waals surface area (Å²) in [5, 5.41) is 0. The third-order valence-corrected chi connectivity index (χ3v) is 2.07. The first kappa shape index (κ1) is 3.21. The van der Waals surface area contributed by atoms with E-state index in [4.69, 9.17) is 3.70 Å². The molecule has 0 fully saturated rings. The van der Waals surface area contributed by atoms with Crippen molar-refractivity contribution in [1.82, 2.24) is 0 Å². The molecule has 0 amide bonds. The highest BCUT2D eigenvalue weighted by Gasteiger charge is 2.05. The zero-order chi connectivity index (χ0) is 8.48. The largest absolute Gasteiger partial charge is 0.0856 e. The topological polar surface area (TPSA) is 0 Å². The maximum Gasteiger partial charge on any atom is 0.00758 e. The molecule has 1 heteroatoms. The van der Waals surface area contributed by atoms with Gasteiger partial charge in [0, 0.05) is 13.7 Å². The van der Waals surface area contributed by atoms with Crippen LogP contribution in [0.4, 0.5) is 0 Å². The minimum absolute atomic E-state index is 0.0486. The van der Waals surface area contributed by atoms with Gasteiger partial charge in [0.2, 0.25) is 0 Å². The van der Waals surface area contributed by atoms with Gasteiger partial charge in [0.25, 0.3) is 0 Å². The van der Waals surface area contributed by atoms with Crippen LogP contribution in [-0.2, 0) is 0 Å². The van der Waals surface area contributed by atoms with Gasteiger partial charge in [-0.05, 0) is 26.2 Å². The van der Waals surface area contributed by atoms with Crippen molar-refractivity contribution in [2.24, 2.45) is 0 Å². The molecule has 0 nitrogen and oxygen atoms in total. The van der Waals surface area contributed by atoms with Gasteiger partial charge in [-0.25, -0.2) is 0 Å². The zero-order valence-electron chi connectivity index (χ0n) is 8.28. The second-order valence-corrected chi connectivity index (χ2v) is 3.35. The fraction of sp³-hybridized carbons (Fsp3) is 0.714. The van der Waals surface area contributed by atoms with Crippen LogP contribution in [0.1, 0.15) is 26.2 Å². The molecule has 8 heavy (non-hydrogen) atoms. The van der Waals surface area contributed by atoms with Gasteiger partial charge < -0.3 is 0 Å². The lowest BCUT2D eigenvalue weighted by molar-refractivity contribution is 0.700. The van der Waals surface area contributed by atoms with E-state index >= 15 is 0 Å². The molecule has 1 unspecified atom stereocenters. The van der Waals surface area contributed by atoms with Crippen molar-refractivity contribution < 1.29 is 0 Å². The van der Waals surface area contributed by atoms with Gasteiger partial charge in [0.15, 0.2) is 0 Å². The third kappa shape index (κ3) is 1.48. The Hall–Kier alpha value is -0.0431. The molecule has 0 saturated carbocycles. The zero-order valence-corrected chi connectivity index (χ0v) is 6.28. The monoisotopic (exact) mass is 132 g/mol. The minimum Gasteiger partial charge on any atom is -0.0856 e. The van der Waals surface area contributed by atoms with E-state index < -0.39 is 10.0 Å². The Balaban J connectivity index is 2.58. The van der Waals surface area contributed by atoms with Crippen LogP contribution in [0.5, 0.6) is 0 Å². The van der Waals surface area contributed by atoms with E-state index in [0.29, 0.717) is 0 Å². The van der Waals surface area contributed by atoms with Gasteiger partial charge in [-0.3, -0.25) is 0 Å². The first-order valence-corrected chi connectivity index (χ1v) is 3.73. The summed E-state index contributed by atoms with van der Waals surface area (Å²) in [6.45, 7) is 2.03. The molecule has 0 N–H and O–H groups in total. The van der Waals surface area contributed by atoms with Gasteiger partial charge in [-0.15, -0.1) is 0 Å². The molecular weight excluding hydrogens is 112 g/mol. The van der Waals surface area contributed by atoms with Crippen molar-refractivity contribution in [2.75, 3.05) is 0 Å². The van der Waals surface area contributed by atoms with Crippen LogP contribution in [0.2, 0.25) is 5.54 Å². The highest BCUT2D eigenvalue weighted by molar-refractivity contribution is 6.11. The van der Waals surface area contributed by atoms with E-state index in [9.17, 15) is 0 Å². The van der Waals surface area contributed by atoms with Gasteiger partial charge in [0.1, 0.15) is 0 Å². The van der Waals surface area contributed by atoms with E-state index in [-0.39, 0.29) is 5.54 Å². The van der Waals surface area contributed by atoms with Gasteiger partial charge >= 0.3 is 0 Å². The standard InChI is InChI=1S/C7H14Si/c1-6-3-2-4-7(8)5-6/h3,7H,2,4-5H2,1,8H3/i8T3. The molecule has 1 aliphatic rings. The molecule has 0 aliphatic heterocycles. The lowest BCUT2D eigenvalue weighted by atomic mass is 10.0. The molecule has 0 aromatic rings. The SMILES string of the molecule is [3H][Si]([3H])([3H])C1CCC=C(C)C1. The van der Waals surface area contributed by atoms with Crippen molar-refractivity contribution in [3.05, 3.63) is 11.6 Å². The Morgan fingerprint density at radius 2 is 2.88 bits per heavy atom. The lowest BCUT2D eigenvalue weighted by Gasteiger charge is -2.15. The van der Waals surface area contributed by atoms with E-state index in [1.165, 1.54) is 5.57 Å². The number of rotatable bonds is 1. The van der Waals surface area contributed by atoms with E-state index in [0.717, 1.165) is 19.3 Å². The van der Waals surface area contributed by atoms with Crippen LogP contribution >= 0.6 is 0 Å². The van der Waals surface area contributed by atoms with Crippen LogP contribution in [0.3, 0.4) is 0 Å². The third-order valence-electron chi connectivity index (χ3n) is 1.58. The number of hydrogen-bond donors (Lipinski definition) is 0. The van der Waals surface area contributed by atoms with Crippen molar-refractivity contribution in [3.8, 4) is 0 Å². The lowest BCUT2D eigenvalue weighted by Crippen LogP contribution is -1.97. The molecule has 0 bridgehead atoms. The number of allylic oxidation sites excluding steroid dienone is 2.